The van der Waals surface area contributed by atoms with Crippen LogP contribution >= 0.6 is 0 Å². The number of benzene rings is 3. The van der Waals surface area contributed by atoms with Crippen molar-refractivity contribution in [3.05, 3.63) is 95.1 Å². The van der Waals surface area contributed by atoms with E-state index in [0.717, 1.165) is 53.0 Å². The highest BCUT2D eigenvalue weighted by atomic mass is 19.4. The van der Waals surface area contributed by atoms with Crippen LogP contribution in [-0.4, -0.2) is 71.2 Å². The zero-order chi connectivity index (χ0) is 42.9. The van der Waals surface area contributed by atoms with Gasteiger partial charge in [-0.1, -0.05) is 146 Å². The molecular weight excluding hydrogens is 768 g/mol. The lowest BCUT2D eigenvalue weighted by molar-refractivity contribution is -0.276. The molecule has 0 unspecified atom stereocenters. The lowest BCUT2D eigenvalue weighted by Gasteiger charge is -2.43. The Morgan fingerprint density at radius 2 is 1.40 bits per heavy atom. The van der Waals surface area contributed by atoms with Gasteiger partial charge >= 0.3 is 12.1 Å². The van der Waals surface area contributed by atoms with Gasteiger partial charge in [-0.3, -0.25) is 9.59 Å². The van der Waals surface area contributed by atoms with E-state index in [0.29, 0.717) is 11.3 Å². The van der Waals surface area contributed by atoms with Crippen molar-refractivity contribution in [3.63, 3.8) is 0 Å². The van der Waals surface area contributed by atoms with Crippen molar-refractivity contribution in [2.75, 3.05) is 26.2 Å². The summed E-state index contributed by atoms with van der Waals surface area (Å²) in [5, 5.41) is 12.5. The van der Waals surface area contributed by atoms with Gasteiger partial charge in [0, 0.05) is 31.1 Å². The number of nitrogens with zero attached hydrogens (tertiary/aromatic N) is 2. The van der Waals surface area contributed by atoms with Gasteiger partial charge in [0.25, 0.3) is 0 Å². The summed E-state index contributed by atoms with van der Waals surface area (Å²) in [4.78, 5) is 28.2. The number of unbranched alkanes of at least 4 members (excludes halogenated alkanes) is 10. The highest BCUT2D eigenvalue weighted by Crippen LogP contribution is 2.42. The molecule has 2 saturated heterocycles. The van der Waals surface area contributed by atoms with Gasteiger partial charge in [0.1, 0.15) is 6.04 Å². The molecule has 0 bridgehead atoms. The number of ether oxygens (including phenoxy) is 2. The normalized spacial score (nSPS) is 20.8. The molecular formula is C49H68F3N3O5. The van der Waals surface area contributed by atoms with Crippen molar-refractivity contribution in [1.29, 1.82) is 0 Å². The zero-order valence-electron chi connectivity index (χ0n) is 36.1. The first kappa shape index (κ1) is 47.3. The van der Waals surface area contributed by atoms with Crippen molar-refractivity contribution in [3.8, 4) is 11.1 Å². The fraction of sp³-hybridized carbons (Fsp3) is 0.592. The van der Waals surface area contributed by atoms with E-state index in [9.17, 15) is 27.9 Å². The van der Waals surface area contributed by atoms with E-state index in [1.165, 1.54) is 77.0 Å². The maximum atomic E-state index is 13.2. The van der Waals surface area contributed by atoms with Crippen LogP contribution < -0.4 is 5.32 Å². The third-order valence-electron chi connectivity index (χ3n) is 12.2. The fourth-order valence-electron chi connectivity index (χ4n) is 8.59. The second kappa shape index (κ2) is 24.0. The molecule has 2 aliphatic heterocycles. The van der Waals surface area contributed by atoms with Crippen LogP contribution in [0.25, 0.3) is 11.1 Å². The Morgan fingerprint density at radius 3 is 2.03 bits per heavy atom. The summed E-state index contributed by atoms with van der Waals surface area (Å²) in [6.45, 7) is 9.63. The molecule has 5 rings (SSSR count). The minimum absolute atomic E-state index is 0.0238. The molecule has 0 radical (unpaired) electrons. The van der Waals surface area contributed by atoms with E-state index in [-0.39, 0.29) is 44.2 Å². The number of carbonyl (C=O) groups excluding carboxylic acids is 2. The predicted molar refractivity (Wildman–Crippen MR) is 231 cm³/mol. The van der Waals surface area contributed by atoms with Gasteiger partial charge in [-0.05, 0) is 78.7 Å². The molecule has 2 fully saturated rings. The van der Waals surface area contributed by atoms with Gasteiger partial charge in [0.2, 0.25) is 5.91 Å². The molecule has 3 aromatic rings. The van der Waals surface area contributed by atoms with Gasteiger partial charge in [-0.2, -0.15) is 13.2 Å². The van der Waals surface area contributed by atoms with Gasteiger partial charge in [-0.15, -0.1) is 0 Å². The third-order valence-corrected chi connectivity index (χ3v) is 12.2. The summed E-state index contributed by atoms with van der Waals surface area (Å²) >= 11 is 0. The van der Waals surface area contributed by atoms with Crippen LogP contribution in [0.2, 0.25) is 0 Å². The van der Waals surface area contributed by atoms with E-state index in [1.807, 2.05) is 54.6 Å². The van der Waals surface area contributed by atoms with Gasteiger partial charge in [-0.25, -0.2) is 0 Å². The number of carbonyl (C=O) groups is 2. The highest BCUT2D eigenvalue weighted by molar-refractivity contribution is 5.90. The summed E-state index contributed by atoms with van der Waals surface area (Å²) < 4.78 is 53.3. The number of hydrogen-bond donors (Lipinski definition) is 2. The third kappa shape index (κ3) is 13.9. The van der Waals surface area contributed by atoms with Crippen LogP contribution in [0.4, 0.5) is 13.2 Å². The number of aliphatic hydroxyl groups excluding tert-OH is 1. The second-order valence-corrected chi connectivity index (χ2v) is 16.9. The fourth-order valence-corrected chi connectivity index (χ4v) is 8.59. The molecule has 2 aliphatic rings. The first-order valence-corrected chi connectivity index (χ1v) is 22.6. The number of likely N-dealkylation sites (tertiary alicyclic amines) is 1. The first-order chi connectivity index (χ1) is 29.0. The number of rotatable bonds is 23. The van der Waals surface area contributed by atoms with Crippen molar-refractivity contribution in [1.82, 2.24) is 15.1 Å². The SMILES string of the molecule is CCCCCCCCN(CCCCCCCC)C[C@@H]1O[C@H](c2cccc(-c3cccc(CNC(=O)[C@@H]4CCCN4C(=O)C(F)(F)F)c3)c2)O[C@H](c2ccc(CO)cc2)[C@@H]1C. The van der Waals surface area contributed by atoms with Crippen molar-refractivity contribution in [2.45, 2.75) is 155 Å². The lowest BCUT2D eigenvalue weighted by atomic mass is 9.89. The van der Waals surface area contributed by atoms with E-state index >= 15 is 0 Å². The summed E-state index contributed by atoms with van der Waals surface area (Å²) in [7, 11) is 0. The van der Waals surface area contributed by atoms with Crippen LogP contribution in [0, 0.1) is 5.92 Å². The monoisotopic (exact) mass is 836 g/mol. The Kier molecular flexibility index (Phi) is 18.9. The molecule has 0 aromatic heterocycles. The number of amides is 2. The Balaban J connectivity index is 1.32. The zero-order valence-corrected chi connectivity index (χ0v) is 36.1. The minimum atomic E-state index is -5.02. The predicted octanol–water partition coefficient (Wildman–Crippen LogP) is 10.8. The van der Waals surface area contributed by atoms with Crippen molar-refractivity contribution < 1.29 is 37.3 Å². The van der Waals surface area contributed by atoms with Gasteiger partial charge in [0.15, 0.2) is 6.29 Å². The number of hydrogen-bond acceptors (Lipinski definition) is 6. The average molecular weight is 836 g/mol. The topological polar surface area (TPSA) is 91.3 Å². The molecule has 5 atom stereocenters. The van der Waals surface area contributed by atoms with Crippen LogP contribution in [0.3, 0.4) is 0 Å². The molecule has 330 valence electrons. The maximum absolute atomic E-state index is 13.2. The quantitative estimate of drug-likeness (QED) is 0.0925. The van der Waals surface area contributed by atoms with Gasteiger partial charge in [0.05, 0.1) is 18.8 Å². The van der Waals surface area contributed by atoms with E-state index in [1.54, 1.807) is 0 Å². The largest absolute Gasteiger partial charge is 0.471 e. The smallest absolute Gasteiger partial charge is 0.392 e. The number of alkyl halides is 3. The molecule has 0 aliphatic carbocycles. The number of aliphatic hydroxyl groups is 1. The summed E-state index contributed by atoms with van der Waals surface area (Å²) in [6.07, 6.45) is 9.59. The molecule has 0 saturated carbocycles. The minimum Gasteiger partial charge on any atom is -0.392 e. The number of halogens is 3. The van der Waals surface area contributed by atoms with Crippen LogP contribution in [-0.2, 0) is 32.2 Å². The number of nitrogens with one attached hydrogen (secondary N) is 1. The van der Waals surface area contributed by atoms with Crippen LogP contribution in [0.1, 0.15) is 145 Å². The molecule has 60 heavy (non-hydrogen) atoms. The molecule has 11 heteroatoms. The standard InChI is InChI=1S/C49H68F3N3O5/c1-4-6-8-10-12-14-28-54(29-15-13-11-9-7-5-2)34-44-36(3)45(39-26-24-37(35-56)25-27-39)60-47(59-44)42-22-17-21-41(32-42)40-20-16-19-38(31-40)33-53-46(57)43-23-18-30-55(43)48(58)49(50,51)52/h16-17,19-22,24-27,31-32,36,43-45,47,56H,4-15,18,23,28-30,33-35H2,1-3H3,(H,53,57)/t36-,43+,44+,45+,47+/m1/s1. The van der Waals surface area contributed by atoms with Crippen LogP contribution in [0.15, 0.2) is 72.8 Å². The highest BCUT2D eigenvalue weighted by Gasteiger charge is 2.47. The lowest BCUT2D eigenvalue weighted by Crippen LogP contribution is -2.50. The molecule has 3 aromatic carbocycles. The van der Waals surface area contributed by atoms with Gasteiger partial charge < -0.3 is 29.7 Å². The van der Waals surface area contributed by atoms with Crippen LogP contribution in [0.5, 0.6) is 0 Å². The molecule has 8 nitrogen and oxygen atoms in total. The Bertz CT molecular complexity index is 1740. The first-order valence-electron chi connectivity index (χ1n) is 22.6. The summed E-state index contributed by atoms with van der Waals surface area (Å²) in [6, 6.07) is 22.6. The summed E-state index contributed by atoms with van der Waals surface area (Å²) in [5.41, 5.74) is 5.39. The molecule has 2 heterocycles. The average Bonchev–Trinajstić information content (AvgIpc) is 3.75. The Morgan fingerprint density at radius 1 is 0.783 bits per heavy atom. The Hall–Kier alpha value is -3.77. The van der Waals surface area contributed by atoms with E-state index in [2.05, 4.69) is 49.2 Å². The van der Waals surface area contributed by atoms with E-state index in [4.69, 9.17) is 9.47 Å². The Labute approximate surface area is 356 Å². The maximum Gasteiger partial charge on any atom is 0.471 e. The molecule has 2 amide bonds. The van der Waals surface area contributed by atoms with Crippen molar-refractivity contribution >= 4 is 11.8 Å². The van der Waals surface area contributed by atoms with E-state index < -0.39 is 30.3 Å². The second-order valence-electron chi connectivity index (χ2n) is 16.9. The summed E-state index contributed by atoms with van der Waals surface area (Å²) in [5.74, 6) is -2.50. The molecule has 2 N–H and O–H groups in total. The molecule has 0 spiro atoms. The van der Waals surface area contributed by atoms with Crippen molar-refractivity contribution in [2.24, 2.45) is 5.92 Å².